The molecule has 0 bridgehead atoms. The van der Waals surface area contributed by atoms with Gasteiger partial charge in [0.25, 0.3) is 0 Å². The van der Waals surface area contributed by atoms with Crippen LogP contribution in [0.1, 0.15) is 22.6 Å². The van der Waals surface area contributed by atoms with Gasteiger partial charge in [-0.05, 0) is 34.9 Å². The molecule has 1 N–H and O–H groups in total. The number of carbonyl (C=O) groups excluding carboxylic acids is 1. The molecule has 3 aromatic carbocycles. The van der Waals surface area contributed by atoms with E-state index in [1.807, 2.05) is 18.2 Å². The van der Waals surface area contributed by atoms with Crippen molar-refractivity contribution in [3.05, 3.63) is 101 Å². The highest BCUT2D eigenvalue weighted by atomic mass is 32.2. The van der Waals surface area contributed by atoms with Crippen LogP contribution in [-0.4, -0.2) is 55.7 Å². The molecule has 2 atom stereocenters. The number of amides is 2. The summed E-state index contributed by atoms with van der Waals surface area (Å²) in [6, 6.07) is 23.0. The second kappa shape index (κ2) is 9.79. The van der Waals surface area contributed by atoms with Gasteiger partial charge in [-0.1, -0.05) is 60.7 Å². The fraction of sp³-hybridized carbons (Fsp3) is 0.296. The number of carbonyl (C=O) groups is 1. The van der Waals surface area contributed by atoms with Crippen LogP contribution in [0.5, 0.6) is 0 Å². The van der Waals surface area contributed by atoms with E-state index in [4.69, 9.17) is 0 Å². The summed E-state index contributed by atoms with van der Waals surface area (Å²) >= 11 is 0. The third-order valence-corrected chi connectivity index (χ3v) is 8.63. The fourth-order valence-electron chi connectivity index (χ4n) is 5.04. The minimum Gasteiger partial charge on any atom is -0.333 e. The van der Waals surface area contributed by atoms with Crippen molar-refractivity contribution in [1.82, 2.24) is 15.1 Å². The summed E-state index contributed by atoms with van der Waals surface area (Å²) < 4.78 is 39.0. The van der Waals surface area contributed by atoms with Crippen LogP contribution in [0.3, 0.4) is 0 Å². The van der Waals surface area contributed by atoms with E-state index in [9.17, 15) is 17.6 Å². The Labute approximate surface area is 205 Å². The normalized spacial score (nSPS) is 21.8. The van der Waals surface area contributed by atoms with Crippen LogP contribution < -0.4 is 5.32 Å². The van der Waals surface area contributed by atoms with Gasteiger partial charge in [-0.25, -0.2) is 17.6 Å². The Kier molecular flexibility index (Phi) is 6.58. The Morgan fingerprint density at radius 1 is 0.943 bits per heavy atom. The lowest BCUT2D eigenvalue weighted by Crippen LogP contribution is -2.47. The number of hydrogen-bond donors (Lipinski definition) is 1. The molecule has 0 aliphatic carbocycles. The number of sulfone groups is 1. The molecule has 0 aromatic heterocycles. The van der Waals surface area contributed by atoms with Crippen LogP contribution in [0.2, 0.25) is 0 Å². The van der Waals surface area contributed by atoms with Crippen LogP contribution in [0.4, 0.5) is 9.18 Å². The van der Waals surface area contributed by atoms with E-state index in [0.717, 1.165) is 18.7 Å². The molecule has 2 heterocycles. The third kappa shape index (κ3) is 5.23. The molecule has 182 valence electrons. The number of nitrogens with zero attached hydrogens (tertiary/aromatic N) is 2. The molecular weight excluding hydrogens is 465 g/mol. The van der Waals surface area contributed by atoms with E-state index in [2.05, 4.69) is 22.3 Å². The molecule has 3 aromatic rings. The topological polar surface area (TPSA) is 69.7 Å². The van der Waals surface area contributed by atoms with E-state index < -0.39 is 9.84 Å². The molecule has 0 spiro atoms. The monoisotopic (exact) mass is 493 g/mol. The zero-order valence-corrected chi connectivity index (χ0v) is 20.1. The Bertz CT molecular complexity index is 1300. The van der Waals surface area contributed by atoms with E-state index in [0.29, 0.717) is 17.0 Å². The van der Waals surface area contributed by atoms with Gasteiger partial charge in [0.15, 0.2) is 9.84 Å². The lowest BCUT2D eigenvalue weighted by Gasteiger charge is -2.26. The smallest absolute Gasteiger partial charge is 0.318 e. The number of nitrogens with one attached hydrogen (secondary N) is 1. The van der Waals surface area contributed by atoms with Gasteiger partial charge in [0, 0.05) is 38.6 Å². The average molecular weight is 494 g/mol. The SMILES string of the molecule is O=C(N[C@@H]1CN(Cc2ccccc2)C[C@H]1c1ccc(F)cc1)N1CCS(=O)(=O)c2ccccc2C1. The zero-order valence-electron chi connectivity index (χ0n) is 19.3. The highest BCUT2D eigenvalue weighted by molar-refractivity contribution is 7.91. The Morgan fingerprint density at radius 3 is 2.43 bits per heavy atom. The van der Waals surface area contributed by atoms with Crippen LogP contribution in [0.15, 0.2) is 83.8 Å². The Morgan fingerprint density at radius 2 is 1.66 bits per heavy atom. The second-order valence-corrected chi connectivity index (χ2v) is 11.3. The molecular formula is C27H28FN3O3S. The minimum absolute atomic E-state index is 0.00809. The molecule has 2 aliphatic rings. The lowest BCUT2D eigenvalue weighted by molar-refractivity contribution is 0.193. The zero-order chi connectivity index (χ0) is 24.4. The van der Waals surface area contributed by atoms with Crippen molar-refractivity contribution < 1.29 is 17.6 Å². The molecule has 2 amide bonds. The average Bonchev–Trinajstić information content (AvgIpc) is 3.18. The summed E-state index contributed by atoms with van der Waals surface area (Å²) in [5.41, 5.74) is 2.79. The number of fused-ring (bicyclic) bond motifs is 1. The number of likely N-dealkylation sites (tertiary alicyclic amines) is 1. The van der Waals surface area contributed by atoms with E-state index >= 15 is 0 Å². The van der Waals surface area contributed by atoms with E-state index in [-0.39, 0.29) is 42.7 Å². The van der Waals surface area contributed by atoms with Crippen molar-refractivity contribution in [3.63, 3.8) is 0 Å². The fourth-order valence-corrected chi connectivity index (χ4v) is 6.53. The summed E-state index contributed by atoms with van der Waals surface area (Å²) in [4.78, 5) is 17.5. The molecule has 6 nitrogen and oxygen atoms in total. The highest BCUT2D eigenvalue weighted by Gasteiger charge is 2.36. The van der Waals surface area contributed by atoms with Gasteiger partial charge in [-0.2, -0.15) is 0 Å². The second-order valence-electron chi connectivity index (χ2n) is 9.24. The van der Waals surface area contributed by atoms with Crippen LogP contribution >= 0.6 is 0 Å². The molecule has 35 heavy (non-hydrogen) atoms. The van der Waals surface area contributed by atoms with Gasteiger partial charge < -0.3 is 10.2 Å². The maximum Gasteiger partial charge on any atom is 0.318 e. The number of halogens is 1. The molecule has 0 radical (unpaired) electrons. The van der Waals surface area contributed by atoms with Crippen LogP contribution in [0, 0.1) is 5.82 Å². The standard InChI is InChI=1S/C27H28FN3O3S/c28-23-12-10-21(11-13-23)24-18-30(16-20-6-2-1-3-7-20)19-25(24)29-27(32)31-14-15-35(33,34)26-9-5-4-8-22(26)17-31/h1-13,24-25H,14-19H2,(H,29,32)/t24-,25+/m0/s1. The first-order chi connectivity index (χ1) is 16.9. The van der Waals surface area contributed by atoms with E-state index in [1.165, 1.54) is 17.7 Å². The summed E-state index contributed by atoms with van der Waals surface area (Å²) in [5.74, 6) is -0.409. The number of rotatable bonds is 4. The molecule has 5 rings (SSSR count). The minimum atomic E-state index is -3.44. The van der Waals surface area contributed by atoms with Crippen LogP contribution in [-0.2, 0) is 22.9 Å². The van der Waals surface area contributed by atoms with Crippen molar-refractivity contribution in [2.24, 2.45) is 0 Å². The summed E-state index contributed by atoms with van der Waals surface area (Å²) in [7, 11) is -3.44. The van der Waals surface area contributed by atoms with Gasteiger partial charge in [0.1, 0.15) is 5.82 Å². The first kappa shape index (κ1) is 23.5. The van der Waals surface area contributed by atoms with Crippen molar-refractivity contribution in [3.8, 4) is 0 Å². The van der Waals surface area contributed by atoms with Gasteiger partial charge >= 0.3 is 6.03 Å². The molecule has 8 heteroatoms. The summed E-state index contributed by atoms with van der Waals surface area (Å²) in [5, 5.41) is 3.17. The van der Waals surface area contributed by atoms with Gasteiger partial charge in [0.05, 0.1) is 16.7 Å². The largest absolute Gasteiger partial charge is 0.333 e. The predicted molar refractivity (Wildman–Crippen MR) is 132 cm³/mol. The van der Waals surface area contributed by atoms with Gasteiger partial charge in [-0.3, -0.25) is 4.90 Å². The molecule has 0 unspecified atom stereocenters. The number of benzene rings is 3. The van der Waals surface area contributed by atoms with Crippen molar-refractivity contribution in [1.29, 1.82) is 0 Å². The van der Waals surface area contributed by atoms with Gasteiger partial charge in [0.2, 0.25) is 0 Å². The highest BCUT2D eigenvalue weighted by Crippen LogP contribution is 2.30. The first-order valence-electron chi connectivity index (χ1n) is 11.8. The predicted octanol–water partition coefficient (Wildman–Crippen LogP) is 3.79. The number of urea groups is 1. The van der Waals surface area contributed by atoms with Gasteiger partial charge in [-0.15, -0.1) is 0 Å². The Hall–Kier alpha value is -3.23. The molecule has 1 fully saturated rings. The van der Waals surface area contributed by atoms with Crippen molar-refractivity contribution in [2.75, 3.05) is 25.4 Å². The Balaban J connectivity index is 1.35. The molecule has 2 aliphatic heterocycles. The van der Waals surface area contributed by atoms with Crippen molar-refractivity contribution in [2.45, 2.75) is 29.9 Å². The molecule has 1 saturated heterocycles. The van der Waals surface area contributed by atoms with Crippen LogP contribution in [0.25, 0.3) is 0 Å². The summed E-state index contributed by atoms with van der Waals surface area (Å²) in [6.07, 6.45) is 0. The maximum atomic E-state index is 13.6. The molecule has 0 saturated carbocycles. The quantitative estimate of drug-likeness (QED) is 0.601. The van der Waals surface area contributed by atoms with Crippen molar-refractivity contribution >= 4 is 15.9 Å². The third-order valence-electron chi connectivity index (χ3n) is 6.84. The summed E-state index contributed by atoms with van der Waals surface area (Å²) in [6.45, 7) is 2.49. The number of hydrogen-bond acceptors (Lipinski definition) is 4. The maximum absolute atomic E-state index is 13.6. The van der Waals surface area contributed by atoms with E-state index in [1.54, 1.807) is 41.3 Å². The first-order valence-corrected chi connectivity index (χ1v) is 13.4. The lowest BCUT2D eigenvalue weighted by atomic mass is 9.94.